The van der Waals surface area contributed by atoms with Gasteiger partial charge in [-0.05, 0) is 99.4 Å². The van der Waals surface area contributed by atoms with Gasteiger partial charge in [0.25, 0.3) is 0 Å². The van der Waals surface area contributed by atoms with Crippen LogP contribution in [0.25, 0.3) is 0 Å². The second-order valence-corrected chi connectivity index (χ2v) is 10.7. The van der Waals surface area contributed by atoms with E-state index in [4.69, 9.17) is 19.9 Å². The molecule has 1 amide bonds. The fourth-order valence-electron chi connectivity index (χ4n) is 4.55. The van der Waals surface area contributed by atoms with Gasteiger partial charge in [-0.2, -0.15) is 0 Å². The zero-order valence-electron chi connectivity index (χ0n) is 24.7. The summed E-state index contributed by atoms with van der Waals surface area (Å²) in [4.78, 5) is 16.5. The van der Waals surface area contributed by atoms with E-state index in [0.29, 0.717) is 13.1 Å². The van der Waals surface area contributed by atoms with Crippen molar-refractivity contribution >= 4 is 6.09 Å². The lowest BCUT2D eigenvalue weighted by molar-refractivity contribution is 0.140. The third-order valence-corrected chi connectivity index (χ3v) is 7.43. The smallest absolute Gasteiger partial charge is 0.407 e. The van der Waals surface area contributed by atoms with Crippen molar-refractivity contribution in [3.05, 3.63) is 95.6 Å². The largest absolute Gasteiger partial charge is 0.492 e. The maximum Gasteiger partial charge on any atom is 0.407 e. The maximum absolute atomic E-state index is 11.7. The van der Waals surface area contributed by atoms with E-state index in [1.807, 2.05) is 66.7 Å². The monoisotopic (exact) mass is 574 g/mol. The Hall–Kier alpha value is -3.59. The van der Waals surface area contributed by atoms with Gasteiger partial charge >= 0.3 is 6.09 Å². The van der Waals surface area contributed by atoms with Gasteiger partial charge in [0.1, 0.15) is 31.3 Å². The number of hydrogen-bond acceptors (Lipinski definition) is 7. The number of amides is 1. The minimum atomic E-state index is -0.389. The molecule has 0 atom stereocenters. The van der Waals surface area contributed by atoms with E-state index < -0.39 is 0 Å². The Labute approximate surface area is 250 Å². The molecule has 2 saturated heterocycles. The maximum atomic E-state index is 11.7. The minimum Gasteiger partial charge on any atom is -0.492 e. The molecular weight excluding hydrogens is 528 g/mol. The van der Waals surface area contributed by atoms with Crippen molar-refractivity contribution in [2.75, 3.05) is 65.6 Å². The molecule has 2 aliphatic rings. The molecule has 2 heterocycles. The van der Waals surface area contributed by atoms with Crippen LogP contribution in [-0.4, -0.2) is 81.5 Å². The summed E-state index contributed by atoms with van der Waals surface area (Å²) in [6, 6.07) is 25.9. The van der Waals surface area contributed by atoms with Crippen LogP contribution in [0, 0.1) is 0 Å². The fourth-order valence-corrected chi connectivity index (χ4v) is 4.55. The highest BCUT2D eigenvalue weighted by Crippen LogP contribution is 2.14. The number of nitrogens with zero attached hydrogens (tertiary/aromatic N) is 2. The molecule has 0 bridgehead atoms. The quantitative estimate of drug-likeness (QED) is 0.276. The Balaban J connectivity index is 0.000000216. The van der Waals surface area contributed by atoms with Gasteiger partial charge < -0.3 is 25.3 Å². The zero-order chi connectivity index (χ0) is 29.2. The van der Waals surface area contributed by atoms with Crippen molar-refractivity contribution in [2.45, 2.75) is 32.3 Å². The topological polar surface area (TPSA) is 89.3 Å². The molecule has 0 spiro atoms. The van der Waals surface area contributed by atoms with Crippen LogP contribution in [0.4, 0.5) is 4.79 Å². The summed E-state index contributed by atoms with van der Waals surface area (Å²) in [5, 5.41) is 2.78. The molecule has 42 heavy (non-hydrogen) atoms. The van der Waals surface area contributed by atoms with Crippen LogP contribution in [-0.2, 0) is 24.2 Å². The van der Waals surface area contributed by atoms with E-state index in [-0.39, 0.29) is 12.7 Å². The summed E-state index contributed by atoms with van der Waals surface area (Å²) >= 11 is 0. The van der Waals surface area contributed by atoms with Crippen molar-refractivity contribution in [1.82, 2.24) is 15.1 Å². The molecule has 2 fully saturated rings. The van der Waals surface area contributed by atoms with Crippen LogP contribution < -0.4 is 20.5 Å². The van der Waals surface area contributed by atoms with Crippen molar-refractivity contribution in [3.63, 3.8) is 0 Å². The van der Waals surface area contributed by atoms with Crippen molar-refractivity contribution in [1.29, 1.82) is 0 Å². The lowest BCUT2D eigenvalue weighted by Gasteiger charge is -2.30. The first-order valence-corrected chi connectivity index (χ1v) is 15.2. The summed E-state index contributed by atoms with van der Waals surface area (Å²) in [5.74, 6) is 1.85. The zero-order valence-corrected chi connectivity index (χ0v) is 24.7. The summed E-state index contributed by atoms with van der Waals surface area (Å²) in [6.07, 6.45) is 3.96. The molecule has 0 aliphatic carbocycles. The van der Waals surface area contributed by atoms with Gasteiger partial charge in [-0.3, -0.25) is 9.80 Å². The van der Waals surface area contributed by atoms with Crippen LogP contribution in [0.15, 0.2) is 78.9 Å². The summed E-state index contributed by atoms with van der Waals surface area (Å²) in [5.41, 5.74) is 8.91. The van der Waals surface area contributed by atoms with Crippen molar-refractivity contribution in [2.24, 2.45) is 5.73 Å². The van der Waals surface area contributed by atoms with E-state index >= 15 is 0 Å². The first kappa shape index (κ1) is 31.3. The highest BCUT2D eigenvalue weighted by molar-refractivity contribution is 5.67. The normalized spacial score (nSPS) is 14.5. The Morgan fingerprint density at radius 1 is 0.690 bits per heavy atom. The van der Waals surface area contributed by atoms with Gasteiger partial charge in [-0.15, -0.1) is 0 Å². The van der Waals surface area contributed by atoms with Gasteiger partial charge in [0.05, 0.1) is 0 Å². The third kappa shape index (κ3) is 11.7. The molecule has 0 aromatic heterocycles. The second-order valence-electron chi connectivity index (χ2n) is 10.7. The average molecular weight is 575 g/mol. The Bertz CT molecular complexity index is 1150. The summed E-state index contributed by atoms with van der Waals surface area (Å²) in [7, 11) is 0. The number of hydrogen-bond donors (Lipinski definition) is 2. The van der Waals surface area contributed by atoms with Crippen LogP contribution in [0.1, 0.15) is 29.5 Å². The van der Waals surface area contributed by atoms with Gasteiger partial charge in [-0.25, -0.2) is 4.79 Å². The molecule has 8 heteroatoms. The number of likely N-dealkylation sites (tertiary alicyclic amines) is 2. The molecule has 3 N–H and O–H groups in total. The minimum absolute atomic E-state index is 0.288. The average Bonchev–Trinajstić information content (AvgIpc) is 2.97. The number of alkyl carbamates (subject to hydrolysis) is 1. The standard InChI is InChI=1S/C21H26N2O3.C13H20N2O/c24-21(26-17-19-5-2-1-3-6-19)22-12-11-18-7-9-20(10-8-18)25-16-15-23-13-4-14-23;14-7-6-12-2-4-13(5-3-12)16-11-10-15-8-1-9-15/h1-3,5-10H,4,11-17H2,(H,22,24);2-5H,1,6-11,14H2. The number of carbonyl (C=O) groups excluding carboxylic acids is 1. The molecule has 0 saturated carbocycles. The molecule has 0 unspecified atom stereocenters. The summed E-state index contributed by atoms with van der Waals surface area (Å²) < 4.78 is 16.6. The van der Waals surface area contributed by atoms with Gasteiger partial charge in [0.15, 0.2) is 0 Å². The Morgan fingerprint density at radius 2 is 1.21 bits per heavy atom. The van der Waals surface area contributed by atoms with Crippen molar-refractivity contribution < 1.29 is 19.0 Å². The number of carbonyl (C=O) groups is 1. The van der Waals surface area contributed by atoms with E-state index in [2.05, 4.69) is 27.2 Å². The fraction of sp³-hybridized carbons (Fsp3) is 0.441. The first-order chi connectivity index (χ1) is 20.7. The first-order valence-electron chi connectivity index (χ1n) is 15.2. The van der Waals surface area contributed by atoms with Crippen LogP contribution >= 0.6 is 0 Å². The predicted molar refractivity (Wildman–Crippen MR) is 167 cm³/mol. The Morgan fingerprint density at radius 3 is 1.69 bits per heavy atom. The lowest BCUT2D eigenvalue weighted by atomic mass is 10.1. The van der Waals surface area contributed by atoms with Crippen molar-refractivity contribution in [3.8, 4) is 11.5 Å². The molecular formula is C34H46N4O4. The summed E-state index contributed by atoms with van der Waals surface area (Å²) in [6.45, 7) is 9.96. The number of benzene rings is 3. The SMILES string of the molecule is NCCc1ccc(OCCN2CCC2)cc1.O=C(NCCc1ccc(OCCN2CCC2)cc1)OCc1ccccc1. The molecule has 226 valence electrons. The van der Waals surface area contributed by atoms with E-state index in [0.717, 1.165) is 61.8 Å². The van der Waals surface area contributed by atoms with Crippen LogP contribution in [0.5, 0.6) is 11.5 Å². The van der Waals surface area contributed by atoms with E-state index in [1.165, 1.54) is 44.6 Å². The van der Waals surface area contributed by atoms with E-state index in [1.54, 1.807) is 0 Å². The number of rotatable bonds is 15. The highest BCUT2D eigenvalue weighted by Gasteiger charge is 2.13. The van der Waals surface area contributed by atoms with Crippen LogP contribution in [0.2, 0.25) is 0 Å². The Kier molecular flexibility index (Phi) is 13.5. The molecule has 8 nitrogen and oxygen atoms in total. The predicted octanol–water partition coefficient (Wildman–Crippen LogP) is 4.51. The second kappa shape index (κ2) is 18.1. The third-order valence-electron chi connectivity index (χ3n) is 7.43. The van der Waals surface area contributed by atoms with Gasteiger partial charge in [-0.1, -0.05) is 54.6 Å². The number of nitrogens with two attached hydrogens (primary N) is 1. The van der Waals surface area contributed by atoms with Crippen LogP contribution in [0.3, 0.4) is 0 Å². The van der Waals surface area contributed by atoms with Gasteiger partial charge in [0.2, 0.25) is 0 Å². The number of nitrogens with one attached hydrogen (secondary N) is 1. The van der Waals surface area contributed by atoms with E-state index in [9.17, 15) is 4.79 Å². The molecule has 0 radical (unpaired) electrons. The molecule has 3 aromatic rings. The molecule has 3 aromatic carbocycles. The highest BCUT2D eigenvalue weighted by atomic mass is 16.5. The lowest BCUT2D eigenvalue weighted by Crippen LogP contribution is -2.39. The molecule has 2 aliphatic heterocycles. The molecule has 5 rings (SSSR count). The number of ether oxygens (including phenoxy) is 3. The van der Waals surface area contributed by atoms with Gasteiger partial charge in [0, 0.05) is 19.6 Å².